The van der Waals surface area contributed by atoms with Gasteiger partial charge in [-0.1, -0.05) is 0 Å². The van der Waals surface area contributed by atoms with Gasteiger partial charge in [-0.25, -0.2) is 14.6 Å². The lowest BCUT2D eigenvalue weighted by Gasteiger charge is -2.24. The molecule has 1 aliphatic heterocycles. The number of anilines is 1. The SMILES string of the molecule is O=c1ccc(-c2cccnc2)nn1CC1CCCN1c1ncc(Br)cn1. The van der Waals surface area contributed by atoms with Gasteiger partial charge < -0.3 is 4.90 Å². The fourth-order valence-corrected chi connectivity index (χ4v) is 3.39. The zero-order valence-electron chi connectivity index (χ0n) is 14.0. The van der Waals surface area contributed by atoms with Crippen LogP contribution in [-0.4, -0.2) is 37.3 Å². The first kappa shape index (κ1) is 16.8. The number of hydrogen-bond donors (Lipinski definition) is 0. The Morgan fingerprint density at radius 1 is 1.15 bits per heavy atom. The normalized spacial score (nSPS) is 16.8. The standard InChI is InChI=1S/C18H17BrN6O/c19-14-10-21-18(22-11-14)24-8-2-4-15(24)12-25-17(26)6-5-16(23-25)13-3-1-7-20-9-13/h1,3,5-7,9-11,15H,2,4,8,12H2. The molecule has 0 amide bonds. The van der Waals surface area contributed by atoms with Crippen LogP contribution in [0.25, 0.3) is 11.3 Å². The van der Waals surface area contributed by atoms with Gasteiger partial charge in [-0.2, -0.15) is 5.10 Å². The van der Waals surface area contributed by atoms with Gasteiger partial charge in [-0.3, -0.25) is 9.78 Å². The lowest BCUT2D eigenvalue weighted by molar-refractivity contribution is 0.487. The third-order valence-electron chi connectivity index (χ3n) is 4.45. The summed E-state index contributed by atoms with van der Waals surface area (Å²) in [4.78, 5) is 27.4. The van der Waals surface area contributed by atoms with Crippen molar-refractivity contribution in [2.24, 2.45) is 0 Å². The minimum atomic E-state index is -0.110. The average Bonchev–Trinajstić information content (AvgIpc) is 3.13. The molecule has 4 heterocycles. The molecule has 1 unspecified atom stereocenters. The van der Waals surface area contributed by atoms with Crippen LogP contribution in [0, 0.1) is 0 Å². The zero-order valence-corrected chi connectivity index (χ0v) is 15.6. The maximum atomic E-state index is 12.3. The lowest BCUT2D eigenvalue weighted by atomic mass is 10.2. The van der Waals surface area contributed by atoms with E-state index in [1.807, 2.05) is 12.1 Å². The molecule has 3 aromatic heterocycles. The molecule has 1 atom stereocenters. The van der Waals surface area contributed by atoms with Crippen molar-refractivity contribution in [3.63, 3.8) is 0 Å². The van der Waals surface area contributed by atoms with Gasteiger partial charge in [0.2, 0.25) is 5.95 Å². The number of hydrogen-bond acceptors (Lipinski definition) is 6. The zero-order chi connectivity index (χ0) is 17.9. The van der Waals surface area contributed by atoms with Crippen LogP contribution in [0.15, 0.2) is 58.3 Å². The van der Waals surface area contributed by atoms with E-state index in [0.29, 0.717) is 12.5 Å². The molecule has 0 saturated carbocycles. The quantitative estimate of drug-likeness (QED) is 0.655. The molecule has 1 fully saturated rings. The first-order valence-corrected chi connectivity index (χ1v) is 9.23. The summed E-state index contributed by atoms with van der Waals surface area (Å²) in [5.41, 5.74) is 1.52. The van der Waals surface area contributed by atoms with Gasteiger partial charge in [-0.15, -0.1) is 0 Å². The molecule has 0 aliphatic carbocycles. The third-order valence-corrected chi connectivity index (χ3v) is 4.86. The Morgan fingerprint density at radius 2 is 2.00 bits per heavy atom. The second kappa shape index (κ2) is 7.33. The van der Waals surface area contributed by atoms with Crippen LogP contribution >= 0.6 is 15.9 Å². The number of halogens is 1. The van der Waals surface area contributed by atoms with E-state index in [1.165, 1.54) is 4.68 Å². The van der Waals surface area contributed by atoms with E-state index in [9.17, 15) is 4.79 Å². The molecule has 4 rings (SSSR count). The van der Waals surface area contributed by atoms with Crippen molar-refractivity contribution in [3.8, 4) is 11.3 Å². The van der Waals surface area contributed by atoms with Crippen molar-refractivity contribution < 1.29 is 0 Å². The fraction of sp³-hybridized carbons (Fsp3) is 0.278. The van der Waals surface area contributed by atoms with Gasteiger partial charge in [-0.05, 0) is 47.0 Å². The van der Waals surface area contributed by atoms with E-state index in [0.717, 1.165) is 35.1 Å². The third kappa shape index (κ3) is 3.50. The molecular formula is C18H17BrN6O. The summed E-state index contributed by atoms with van der Waals surface area (Å²) in [6.07, 6.45) is 8.96. The highest BCUT2D eigenvalue weighted by atomic mass is 79.9. The minimum Gasteiger partial charge on any atom is -0.336 e. The summed E-state index contributed by atoms with van der Waals surface area (Å²) in [6.45, 7) is 1.38. The van der Waals surface area contributed by atoms with E-state index in [4.69, 9.17) is 0 Å². The Labute approximate surface area is 158 Å². The maximum Gasteiger partial charge on any atom is 0.266 e. The van der Waals surface area contributed by atoms with Gasteiger partial charge in [0, 0.05) is 43.0 Å². The number of rotatable bonds is 4. The molecule has 1 saturated heterocycles. The predicted octanol–water partition coefficient (Wildman–Crippen LogP) is 2.53. The van der Waals surface area contributed by atoms with Gasteiger partial charge in [0.05, 0.1) is 22.8 Å². The molecule has 1 aliphatic rings. The Balaban J connectivity index is 1.60. The molecular weight excluding hydrogens is 396 g/mol. The number of pyridine rings is 1. The average molecular weight is 413 g/mol. The van der Waals surface area contributed by atoms with Crippen LogP contribution in [0.3, 0.4) is 0 Å². The Bertz CT molecular complexity index is 944. The maximum absolute atomic E-state index is 12.3. The van der Waals surface area contributed by atoms with Gasteiger partial charge in [0.15, 0.2) is 0 Å². The van der Waals surface area contributed by atoms with Crippen LogP contribution in [0.5, 0.6) is 0 Å². The van der Waals surface area contributed by atoms with Crippen molar-refractivity contribution in [1.82, 2.24) is 24.7 Å². The van der Waals surface area contributed by atoms with Crippen molar-refractivity contribution in [1.29, 1.82) is 0 Å². The highest BCUT2D eigenvalue weighted by Crippen LogP contribution is 2.24. The first-order chi connectivity index (χ1) is 12.7. The van der Waals surface area contributed by atoms with E-state index < -0.39 is 0 Å². The molecule has 0 bridgehead atoms. The molecule has 26 heavy (non-hydrogen) atoms. The highest BCUT2D eigenvalue weighted by Gasteiger charge is 2.27. The molecule has 0 aromatic carbocycles. The molecule has 132 valence electrons. The van der Waals surface area contributed by atoms with Crippen molar-refractivity contribution >= 4 is 21.9 Å². The molecule has 0 spiro atoms. The van der Waals surface area contributed by atoms with Crippen LogP contribution < -0.4 is 10.5 Å². The van der Waals surface area contributed by atoms with E-state index >= 15 is 0 Å². The van der Waals surface area contributed by atoms with Crippen LogP contribution in [0.1, 0.15) is 12.8 Å². The van der Waals surface area contributed by atoms with Crippen LogP contribution in [-0.2, 0) is 6.54 Å². The van der Waals surface area contributed by atoms with E-state index in [-0.39, 0.29) is 11.6 Å². The predicted molar refractivity (Wildman–Crippen MR) is 102 cm³/mol. The summed E-state index contributed by atoms with van der Waals surface area (Å²) in [6, 6.07) is 7.23. The van der Waals surface area contributed by atoms with Gasteiger partial charge in [0.25, 0.3) is 5.56 Å². The Hall–Kier alpha value is -2.61. The monoisotopic (exact) mass is 412 g/mol. The van der Waals surface area contributed by atoms with Gasteiger partial charge >= 0.3 is 0 Å². The summed E-state index contributed by atoms with van der Waals surface area (Å²) < 4.78 is 2.38. The largest absolute Gasteiger partial charge is 0.336 e. The summed E-state index contributed by atoms with van der Waals surface area (Å²) in [5, 5.41) is 4.54. The first-order valence-electron chi connectivity index (χ1n) is 8.43. The summed E-state index contributed by atoms with van der Waals surface area (Å²) >= 11 is 3.36. The smallest absolute Gasteiger partial charge is 0.266 e. The van der Waals surface area contributed by atoms with E-state index in [1.54, 1.807) is 36.9 Å². The van der Waals surface area contributed by atoms with E-state index in [2.05, 4.69) is 40.9 Å². The minimum absolute atomic E-state index is 0.110. The second-order valence-electron chi connectivity index (χ2n) is 6.17. The molecule has 7 nitrogen and oxygen atoms in total. The highest BCUT2D eigenvalue weighted by molar-refractivity contribution is 9.10. The lowest BCUT2D eigenvalue weighted by Crippen LogP contribution is -2.37. The summed E-state index contributed by atoms with van der Waals surface area (Å²) in [7, 11) is 0. The topological polar surface area (TPSA) is 76.8 Å². The second-order valence-corrected chi connectivity index (χ2v) is 7.09. The van der Waals surface area contributed by atoms with Gasteiger partial charge in [0.1, 0.15) is 0 Å². The number of aromatic nitrogens is 5. The molecule has 3 aromatic rings. The van der Waals surface area contributed by atoms with Crippen LogP contribution in [0.4, 0.5) is 5.95 Å². The summed E-state index contributed by atoms with van der Waals surface area (Å²) in [5.74, 6) is 0.687. The van der Waals surface area contributed by atoms with Crippen molar-refractivity contribution in [2.45, 2.75) is 25.4 Å². The number of nitrogens with zero attached hydrogens (tertiary/aromatic N) is 6. The molecule has 8 heteroatoms. The van der Waals surface area contributed by atoms with Crippen molar-refractivity contribution in [2.75, 3.05) is 11.4 Å². The Kier molecular flexibility index (Phi) is 4.75. The van der Waals surface area contributed by atoms with Crippen molar-refractivity contribution in [3.05, 3.63) is 63.9 Å². The molecule has 0 radical (unpaired) electrons. The Morgan fingerprint density at radius 3 is 2.77 bits per heavy atom. The molecule has 0 N–H and O–H groups in total. The fourth-order valence-electron chi connectivity index (χ4n) is 3.19. The van der Waals surface area contributed by atoms with Crippen LogP contribution in [0.2, 0.25) is 0 Å².